The van der Waals surface area contributed by atoms with E-state index in [0.717, 1.165) is 24.2 Å². The van der Waals surface area contributed by atoms with E-state index >= 15 is 0 Å². The largest absolute Gasteiger partial charge is 0.423 e. The molecular weight excluding hydrogens is 288 g/mol. The summed E-state index contributed by atoms with van der Waals surface area (Å²) in [5, 5.41) is 11.0. The fourth-order valence-electron chi connectivity index (χ4n) is 6.62. The molecule has 6 atom stereocenters. The molecule has 1 aliphatic heterocycles. The minimum absolute atomic E-state index is 0.0892. The van der Waals surface area contributed by atoms with Crippen molar-refractivity contribution in [2.24, 2.45) is 34.5 Å². The normalized spacial score (nSPS) is 47.7. The molecular formula is C20H28O3. The van der Waals surface area contributed by atoms with Gasteiger partial charge in [0.05, 0.1) is 6.10 Å². The Morgan fingerprint density at radius 1 is 1.26 bits per heavy atom. The first-order chi connectivity index (χ1) is 10.7. The minimum atomic E-state index is -0.243. The van der Waals surface area contributed by atoms with Gasteiger partial charge in [0.1, 0.15) is 5.76 Å². The molecule has 3 heteroatoms. The second-order valence-corrected chi connectivity index (χ2v) is 9.16. The second-order valence-electron chi connectivity index (χ2n) is 9.16. The van der Waals surface area contributed by atoms with E-state index in [1.165, 1.54) is 12.8 Å². The van der Waals surface area contributed by atoms with E-state index in [1.54, 1.807) is 6.08 Å². The van der Waals surface area contributed by atoms with E-state index in [4.69, 9.17) is 4.74 Å². The number of hydrogen-bond acceptors (Lipinski definition) is 3. The quantitative estimate of drug-likeness (QED) is 0.691. The Morgan fingerprint density at radius 2 is 2.00 bits per heavy atom. The van der Waals surface area contributed by atoms with Crippen molar-refractivity contribution in [3.8, 4) is 0 Å². The molecule has 0 unspecified atom stereocenters. The number of hydrogen-bond donors (Lipinski definition) is 1. The van der Waals surface area contributed by atoms with Crippen LogP contribution < -0.4 is 0 Å². The highest BCUT2D eigenvalue weighted by Crippen LogP contribution is 2.64. The van der Waals surface area contributed by atoms with Gasteiger partial charge < -0.3 is 9.84 Å². The van der Waals surface area contributed by atoms with E-state index in [1.807, 2.05) is 0 Å². The summed E-state index contributed by atoms with van der Waals surface area (Å²) < 4.78 is 5.46. The molecule has 0 bridgehead atoms. The van der Waals surface area contributed by atoms with Crippen LogP contribution in [-0.2, 0) is 9.53 Å². The lowest BCUT2D eigenvalue weighted by atomic mass is 9.43. The fraction of sp³-hybridized carbons (Fsp3) is 0.750. The van der Waals surface area contributed by atoms with Crippen LogP contribution in [0, 0.1) is 34.5 Å². The third kappa shape index (κ3) is 2.02. The highest BCUT2D eigenvalue weighted by molar-refractivity contribution is 5.88. The van der Waals surface area contributed by atoms with E-state index in [9.17, 15) is 9.90 Å². The van der Waals surface area contributed by atoms with Gasteiger partial charge in [-0.1, -0.05) is 34.1 Å². The highest BCUT2D eigenvalue weighted by Gasteiger charge is 2.60. The molecule has 1 heterocycles. The number of allylic oxidation sites excluding steroid dienone is 2. The van der Waals surface area contributed by atoms with Crippen molar-refractivity contribution in [1.82, 2.24) is 0 Å². The van der Waals surface area contributed by atoms with Gasteiger partial charge in [0.2, 0.25) is 0 Å². The zero-order valence-corrected chi connectivity index (χ0v) is 14.6. The van der Waals surface area contributed by atoms with E-state index in [-0.39, 0.29) is 28.8 Å². The summed E-state index contributed by atoms with van der Waals surface area (Å²) in [6, 6.07) is 0. The molecule has 1 N–H and O–H groups in total. The van der Waals surface area contributed by atoms with Gasteiger partial charge in [-0.25, -0.2) is 4.79 Å². The molecule has 126 valence electrons. The highest BCUT2D eigenvalue weighted by atomic mass is 16.5. The fourth-order valence-corrected chi connectivity index (χ4v) is 6.62. The molecule has 0 saturated heterocycles. The first-order valence-corrected chi connectivity index (χ1v) is 9.08. The molecule has 2 fully saturated rings. The lowest BCUT2D eigenvalue weighted by molar-refractivity contribution is -0.156. The molecule has 0 aromatic rings. The van der Waals surface area contributed by atoms with Crippen molar-refractivity contribution in [1.29, 1.82) is 0 Å². The average molecular weight is 316 g/mol. The third-order valence-electron chi connectivity index (χ3n) is 7.44. The molecule has 0 radical (unpaired) electrons. The zero-order valence-electron chi connectivity index (χ0n) is 14.6. The van der Waals surface area contributed by atoms with Crippen LogP contribution in [0.15, 0.2) is 23.5 Å². The predicted octanol–water partition coefficient (Wildman–Crippen LogP) is 3.83. The van der Waals surface area contributed by atoms with Crippen molar-refractivity contribution in [3.63, 3.8) is 0 Å². The Kier molecular flexibility index (Phi) is 3.17. The average Bonchev–Trinajstić information content (AvgIpc) is 2.80. The van der Waals surface area contributed by atoms with Crippen molar-refractivity contribution in [2.75, 3.05) is 0 Å². The van der Waals surface area contributed by atoms with E-state index < -0.39 is 0 Å². The van der Waals surface area contributed by atoms with Crippen LogP contribution in [0.3, 0.4) is 0 Å². The number of ether oxygens (including phenoxy) is 1. The summed E-state index contributed by atoms with van der Waals surface area (Å²) in [6.45, 7) is 9.20. The lowest BCUT2D eigenvalue weighted by Crippen LogP contribution is -2.58. The van der Waals surface area contributed by atoms with Crippen LogP contribution in [0.1, 0.15) is 53.4 Å². The van der Waals surface area contributed by atoms with Gasteiger partial charge in [0.25, 0.3) is 0 Å². The molecule has 0 spiro atoms. The summed E-state index contributed by atoms with van der Waals surface area (Å²) in [4.78, 5) is 11.7. The number of aliphatic hydroxyl groups is 1. The smallest absolute Gasteiger partial charge is 0.336 e. The summed E-state index contributed by atoms with van der Waals surface area (Å²) >= 11 is 0. The summed E-state index contributed by atoms with van der Waals surface area (Å²) in [5.74, 6) is 1.96. The monoisotopic (exact) mass is 316 g/mol. The minimum Gasteiger partial charge on any atom is -0.423 e. The first-order valence-electron chi connectivity index (χ1n) is 9.08. The number of carbonyl (C=O) groups excluding carboxylic acids is 1. The van der Waals surface area contributed by atoms with Crippen LogP contribution in [0.2, 0.25) is 0 Å². The summed E-state index contributed by atoms with van der Waals surface area (Å²) in [5.41, 5.74) is 1.30. The second kappa shape index (κ2) is 4.72. The zero-order chi connectivity index (χ0) is 16.6. The third-order valence-corrected chi connectivity index (χ3v) is 7.44. The van der Waals surface area contributed by atoms with Gasteiger partial charge in [0, 0.05) is 11.6 Å². The van der Waals surface area contributed by atoms with E-state index in [2.05, 4.69) is 33.8 Å². The molecule has 3 nitrogen and oxygen atoms in total. The Morgan fingerprint density at radius 3 is 2.74 bits per heavy atom. The van der Waals surface area contributed by atoms with Crippen molar-refractivity contribution < 1.29 is 14.6 Å². The molecule has 4 aliphatic rings. The van der Waals surface area contributed by atoms with Gasteiger partial charge in [0.15, 0.2) is 0 Å². The topological polar surface area (TPSA) is 46.5 Å². The van der Waals surface area contributed by atoms with Crippen molar-refractivity contribution in [3.05, 3.63) is 23.5 Å². The van der Waals surface area contributed by atoms with E-state index in [0.29, 0.717) is 17.8 Å². The van der Waals surface area contributed by atoms with Crippen LogP contribution >= 0.6 is 0 Å². The number of aliphatic hydroxyl groups excluding tert-OH is 1. The standard InChI is InChI=1S/C20H28O3/c1-11-12-8-15(21)18-19(2,3)6-5-7-20(18,4)14(12)10-16-13(11)9-17(22)23-16/h9-12,14-15,18,21H,5-8H2,1-4H3/t11-,12+,14+,15-,18+,20-/m1/s1. The predicted molar refractivity (Wildman–Crippen MR) is 88.3 cm³/mol. The SMILES string of the molecule is C[C@H]1C2=CC(=O)OC2=C[C@H]2[C@H]1C[C@@H](O)[C@H]1C(C)(C)CCC[C@]21C. The van der Waals surface area contributed by atoms with Gasteiger partial charge in [-0.15, -0.1) is 0 Å². The summed E-state index contributed by atoms with van der Waals surface area (Å²) in [6.07, 6.45) is 8.03. The molecule has 0 aromatic carbocycles. The number of carbonyl (C=O) groups is 1. The maximum atomic E-state index is 11.7. The van der Waals surface area contributed by atoms with Crippen molar-refractivity contribution in [2.45, 2.75) is 59.5 Å². The molecule has 2 saturated carbocycles. The van der Waals surface area contributed by atoms with Crippen LogP contribution in [0.5, 0.6) is 0 Å². The molecule has 4 rings (SSSR count). The Hall–Kier alpha value is -1.09. The number of esters is 1. The summed E-state index contributed by atoms with van der Waals surface area (Å²) in [7, 11) is 0. The molecule has 0 aromatic heterocycles. The van der Waals surface area contributed by atoms with Crippen LogP contribution in [0.25, 0.3) is 0 Å². The van der Waals surface area contributed by atoms with Crippen LogP contribution in [-0.4, -0.2) is 17.2 Å². The van der Waals surface area contributed by atoms with Gasteiger partial charge in [-0.3, -0.25) is 0 Å². The van der Waals surface area contributed by atoms with Crippen molar-refractivity contribution >= 4 is 5.97 Å². The molecule has 0 amide bonds. The van der Waals surface area contributed by atoms with Gasteiger partial charge in [-0.2, -0.15) is 0 Å². The maximum absolute atomic E-state index is 11.7. The molecule has 23 heavy (non-hydrogen) atoms. The first kappa shape index (κ1) is 15.4. The lowest BCUT2D eigenvalue weighted by Gasteiger charge is -2.62. The Balaban J connectivity index is 1.81. The molecule has 3 aliphatic carbocycles. The van der Waals surface area contributed by atoms with Crippen LogP contribution in [0.4, 0.5) is 0 Å². The Labute approximate surface area is 138 Å². The Bertz CT molecular complexity index is 614. The number of fused-ring (bicyclic) bond motifs is 4. The van der Waals surface area contributed by atoms with Gasteiger partial charge >= 0.3 is 5.97 Å². The number of rotatable bonds is 0. The maximum Gasteiger partial charge on any atom is 0.336 e. The van der Waals surface area contributed by atoms with Gasteiger partial charge in [-0.05, 0) is 59.8 Å².